The van der Waals surface area contributed by atoms with Crippen LogP contribution in [0.1, 0.15) is 15.2 Å². The van der Waals surface area contributed by atoms with Crippen molar-refractivity contribution in [3.63, 3.8) is 0 Å². The first-order chi connectivity index (χ1) is 6.66. The molecule has 14 heavy (non-hydrogen) atoms. The third-order valence-electron chi connectivity index (χ3n) is 1.77. The molecule has 0 bridgehead atoms. The van der Waals surface area contributed by atoms with Gasteiger partial charge in [0.1, 0.15) is 10.7 Å². The number of carbonyl (C=O) groups excluding carboxylic acids is 1. The molecule has 1 aromatic rings. The minimum Gasteiger partial charge on any atom is -0.350 e. The maximum atomic E-state index is 13.3. The molecule has 0 aliphatic carbocycles. The first kappa shape index (κ1) is 11.1. The van der Waals surface area contributed by atoms with Gasteiger partial charge in [0.25, 0.3) is 5.91 Å². The lowest BCUT2D eigenvalue weighted by molar-refractivity contribution is 0.0954. The monoisotopic (exact) mass is 216 g/mol. The predicted molar refractivity (Wildman–Crippen MR) is 55.3 cm³/mol. The van der Waals surface area contributed by atoms with Gasteiger partial charge in [0, 0.05) is 13.1 Å². The molecule has 0 aliphatic rings. The van der Waals surface area contributed by atoms with Crippen LogP contribution in [-0.2, 0) is 0 Å². The third-order valence-corrected chi connectivity index (χ3v) is 2.84. The van der Waals surface area contributed by atoms with E-state index in [4.69, 9.17) is 0 Å². The van der Waals surface area contributed by atoms with Crippen molar-refractivity contribution in [2.24, 2.45) is 0 Å². The Bertz CT molecular complexity index is 325. The second-order valence-corrected chi connectivity index (χ2v) is 3.80. The maximum Gasteiger partial charge on any atom is 0.264 e. The summed E-state index contributed by atoms with van der Waals surface area (Å²) in [6, 6.07) is 0. The Morgan fingerprint density at radius 1 is 1.57 bits per heavy atom. The van der Waals surface area contributed by atoms with Crippen LogP contribution in [0.4, 0.5) is 4.39 Å². The molecule has 2 N–H and O–H groups in total. The Balaban J connectivity index is 2.56. The SMILES string of the molecule is CNCCNC(=O)c1scc(C)c1F. The molecule has 5 heteroatoms. The highest BCUT2D eigenvalue weighted by molar-refractivity contribution is 7.12. The zero-order chi connectivity index (χ0) is 10.6. The standard InChI is InChI=1S/C9H13FN2OS/c1-6-5-14-8(7(6)10)9(13)12-4-3-11-2/h5,11H,3-4H2,1-2H3,(H,12,13). The van der Waals surface area contributed by atoms with Gasteiger partial charge in [-0.2, -0.15) is 0 Å². The first-order valence-electron chi connectivity index (χ1n) is 4.33. The summed E-state index contributed by atoms with van der Waals surface area (Å²) in [5, 5.41) is 7.15. The smallest absolute Gasteiger partial charge is 0.264 e. The van der Waals surface area contributed by atoms with Crippen LogP contribution >= 0.6 is 11.3 Å². The van der Waals surface area contributed by atoms with E-state index in [1.807, 2.05) is 0 Å². The molecule has 0 aromatic carbocycles. The van der Waals surface area contributed by atoms with E-state index in [9.17, 15) is 9.18 Å². The summed E-state index contributed by atoms with van der Waals surface area (Å²) < 4.78 is 13.3. The molecule has 1 heterocycles. The van der Waals surface area contributed by atoms with Crippen molar-refractivity contribution < 1.29 is 9.18 Å². The van der Waals surface area contributed by atoms with Crippen LogP contribution in [0.2, 0.25) is 0 Å². The second kappa shape index (κ2) is 5.07. The van der Waals surface area contributed by atoms with Crippen LogP contribution < -0.4 is 10.6 Å². The van der Waals surface area contributed by atoms with Gasteiger partial charge >= 0.3 is 0 Å². The number of carbonyl (C=O) groups is 1. The molecule has 1 aromatic heterocycles. The van der Waals surface area contributed by atoms with Crippen molar-refractivity contribution >= 4 is 17.2 Å². The molecule has 0 saturated carbocycles. The first-order valence-corrected chi connectivity index (χ1v) is 5.21. The van der Waals surface area contributed by atoms with Crippen LogP contribution in [0.15, 0.2) is 5.38 Å². The van der Waals surface area contributed by atoms with Gasteiger partial charge in [-0.1, -0.05) is 0 Å². The minimum atomic E-state index is -0.406. The molecular formula is C9H13FN2OS. The maximum absolute atomic E-state index is 13.3. The number of amides is 1. The highest BCUT2D eigenvalue weighted by Crippen LogP contribution is 2.19. The summed E-state index contributed by atoms with van der Waals surface area (Å²) in [5.74, 6) is -0.743. The molecule has 0 fully saturated rings. The van der Waals surface area contributed by atoms with Crippen molar-refractivity contribution in [3.05, 3.63) is 21.6 Å². The highest BCUT2D eigenvalue weighted by Gasteiger charge is 2.14. The van der Waals surface area contributed by atoms with Crippen LogP contribution in [0.5, 0.6) is 0 Å². The third kappa shape index (κ3) is 2.52. The number of thiophene rings is 1. The normalized spacial score (nSPS) is 10.2. The van der Waals surface area contributed by atoms with Crippen molar-refractivity contribution in [1.29, 1.82) is 0 Å². The number of hydrogen-bond donors (Lipinski definition) is 2. The van der Waals surface area contributed by atoms with E-state index < -0.39 is 5.82 Å². The molecule has 0 spiro atoms. The number of halogens is 1. The Morgan fingerprint density at radius 2 is 2.29 bits per heavy atom. The lowest BCUT2D eigenvalue weighted by Crippen LogP contribution is -2.30. The van der Waals surface area contributed by atoms with E-state index in [2.05, 4.69) is 10.6 Å². The molecule has 0 atom stereocenters. The van der Waals surface area contributed by atoms with Gasteiger partial charge in [-0.25, -0.2) is 4.39 Å². The van der Waals surface area contributed by atoms with Crippen molar-refractivity contribution in [2.45, 2.75) is 6.92 Å². The topological polar surface area (TPSA) is 41.1 Å². The number of nitrogens with one attached hydrogen (secondary N) is 2. The summed E-state index contributed by atoms with van der Waals surface area (Å²) in [6.07, 6.45) is 0. The fourth-order valence-corrected chi connectivity index (χ4v) is 1.81. The molecule has 1 amide bonds. The largest absolute Gasteiger partial charge is 0.350 e. The summed E-state index contributed by atoms with van der Waals surface area (Å²) >= 11 is 1.13. The molecule has 0 aliphatic heterocycles. The lowest BCUT2D eigenvalue weighted by Gasteiger charge is -2.02. The van der Waals surface area contributed by atoms with Crippen LogP contribution in [0.3, 0.4) is 0 Å². The van der Waals surface area contributed by atoms with E-state index in [0.29, 0.717) is 18.7 Å². The summed E-state index contributed by atoms with van der Waals surface area (Å²) in [4.78, 5) is 11.6. The highest BCUT2D eigenvalue weighted by atomic mass is 32.1. The molecule has 0 radical (unpaired) electrons. The van der Waals surface area contributed by atoms with E-state index in [1.54, 1.807) is 19.4 Å². The Labute approximate surface area is 86.3 Å². The van der Waals surface area contributed by atoms with Gasteiger partial charge < -0.3 is 10.6 Å². The average molecular weight is 216 g/mol. The molecule has 1 rings (SSSR count). The zero-order valence-electron chi connectivity index (χ0n) is 8.19. The van der Waals surface area contributed by atoms with E-state index in [1.165, 1.54) is 0 Å². The average Bonchev–Trinajstić information content (AvgIpc) is 2.48. The van der Waals surface area contributed by atoms with Crippen molar-refractivity contribution in [2.75, 3.05) is 20.1 Å². The fourth-order valence-electron chi connectivity index (χ4n) is 0.964. The molecular weight excluding hydrogens is 203 g/mol. The van der Waals surface area contributed by atoms with Crippen LogP contribution in [0, 0.1) is 12.7 Å². The van der Waals surface area contributed by atoms with Gasteiger partial charge in [-0.3, -0.25) is 4.79 Å². The van der Waals surface area contributed by atoms with E-state index in [0.717, 1.165) is 11.3 Å². The Hall–Kier alpha value is -0.940. The minimum absolute atomic E-state index is 0.165. The lowest BCUT2D eigenvalue weighted by atomic mass is 10.3. The number of hydrogen-bond acceptors (Lipinski definition) is 3. The van der Waals surface area contributed by atoms with Gasteiger partial charge in [-0.05, 0) is 24.9 Å². The van der Waals surface area contributed by atoms with Crippen molar-refractivity contribution in [3.8, 4) is 0 Å². The predicted octanol–water partition coefficient (Wildman–Crippen LogP) is 1.14. The van der Waals surface area contributed by atoms with Crippen LogP contribution in [0.25, 0.3) is 0 Å². The Kier molecular flexibility index (Phi) is 4.03. The van der Waals surface area contributed by atoms with Gasteiger partial charge in [0.15, 0.2) is 0 Å². The number of aryl methyl sites for hydroxylation is 1. The molecule has 3 nitrogen and oxygen atoms in total. The van der Waals surface area contributed by atoms with Gasteiger partial charge in [0.2, 0.25) is 0 Å². The molecule has 78 valence electrons. The zero-order valence-corrected chi connectivity index (χ0v) is 9.00. The Morgan fingerprint density at radius 3 is 2.79 bits per heavy atom. The number of rotatable bonds is 4. The molecule has 0 unspecified atom stereocenters. The second-order valence-electron chi connectivity index (χ2n) is 2.92. The fraction of sp³-hybridized carbons (Fsp3) is 0.444. The summed E-state index contributed by atoms with van der Waals surface area (Å²) in [6.45, 7) is 2.83. The molecule has 0 saturated heterocycles. The van der Waals surface area contributed by atoms with Crippen molar-refractivity contribution in [1.82, 2.24) is 10.6 Å². The van der Waals surface area contributed by atoms with Gasteiger partial charge in [-0.15, -0.1) is 11.3 Å². The van der Waals surface area contributed by atoms with E-state index in [-0.39, 0.29) is 10.8 Å². The summed E-state index contributed by atoms with van der Waals surface area (Å²) in [5.41, 5.74) is 0.522. The van der Waals surface area contributed by atoms with Gasteiger partial charge in [0.05, 0.1) is 0 Å². The number of likely N-dealkylation sites (N-methyl/N-ethyl adjacent to an activating group) is 1. The summed E-state index contributed by atoms with van der Waals surface area (Å²) in [7, 11) is 1.79. The van der Waals surface area contributed by atoms with E-state index >= 15 is 0 Å². The van der Waals surface area contributed by atoms with Crippen LogP contribution in [-0.4, -0.2) is 26.0 Å². The quantitative estimate of drug-likeness (QED) is 0.741.